The summed E-state index contributed by atoms with van der Waals surface area (Å²) in [5.41, 5.74) is 11.2. The van der Waals surface area contributed by atoms with E-state index in [0.29, 0.717) is 6.54 Å². The normalized spacial score (nSPS) is 11.1. The van der Waals surface area contributed by atoms with Crippen molar-refractivity contribution in [3.05, 3.63) is 28.8 Å². The summed E-state index contributed by atoms with van der Waals surface area (Å²) in [6.07, 6.45) is 1.22. The van der Waals surface area contributed by atoms with E-state index in [1.807, 2.05) is 0 Å². The summed E-state index contributed by atoms with van der Waals surface area (Å²) >= 11 is 0. The molecule has 0 amide bonds. The van der Waals surface area contributed by atoms with Gasteiger partial charge in [-0.2, -0.15) is 0 Å². The maximum atomic E-state index is 5.76. The quantitative estimate of drug-likeness (QED) is 0.836. The summed E-state index contributed by atoms with van der Waals surface area (Å²) in [5.74, 6) is 0.733. The smallest absolute Gasteiger partial charge is 0.0426 e. The minimum atomic E-state index is 0.713. The highest BCUT2D eigenvalue weighted by atomic mass is 15.1. The van der Waals surface area contributed by atoms with Gasteiger partial charge in [-0.05, 0) is 44.2 Å². The van der Waals surface area contributed by atoms with E-state index in [2.05, 4.69) is 51.7 Å². The van der Waals surface area contributed by atoms with Crippen molar-refractivity contribution >= 4 is 5.69 Å². The van der Waals surface area contributed by atoms with E-state index in [0.717, 1.165) is 19.0 Å². The number of aryl methyl sites for hydroxylation is 3. The maximum absolute atomic E-state index is 5.76. The summed E-state index contributed by atoms with van der Waals surface area (Å²) in [6.45, 7) is 13.9. The molecule has 2 N–H and O–H groups in total. The van der Waals surface area contributed by atoms with Crippen molar-refractivity contribution in [3.8, 4) is 0 Å². The van der Waals surface area contributed by atoms with Gasteiger partial charge in [0.2, 0.25) is 0 Å². The van der Waals surface area contributed by atoms with Gasteiger partial charge < -0.3 is 10.6 Å². The van der Waals surface area contributed by atoms with E-state index in [1.165, 1.54) is 28.8 Å². The average molecular weight is 248 g/mol. The topological polar surface area (TPSA) is 29.3 Å². The Bertz CT molecular complexity index is 360. The van der Waals surface area contributed by atoms with Crippen LogP contribution in [0.4, 0.5) is 5.69 Å². The minimum Gasteiger partial charge on any atom is -0.370 e. The number of nitrogens with two attached hydrogens (primary N) is 1. The molecule has 18 heavy (non-hydrogen) atoms. The Hall–Kier alpha value is -1.02. The van der Waals surface area contributed by atoms with Crippen LogP contribution in [0.2, 0.25) is 0 Å². The van der Waals surface area contributed by atoms with Crippen LogP contribution in [0.15, 0.2) is 12.1 Å². The van der Waals surface area contributed by atoms with E-state index in [4.69, 9.17) is 5.73 Å². The Morgan fingerprint density at radius 1 is 1.06 bits per heavy atom. The van der Waals surface area contributed by atoms with Gasteiger partial charge in [-0.15, -0.1) is 0 Å². The van der Waals surface area contributed by atoms with Crippen molar-refractivity contribution in [1.29, 1.82) is 0 Å². The van der Waals surface area contributed by atoms with Gasteiger partial charge in [0.25, 0.3) is 0 Å². The lowest BCUT2D eigenvalue weighted by molar-refractivity contribution is 0.572. The number of rotatable bonds is 6. The SMILES string of the molecule is Cc1cc(C)c(N(CCN)CCC(C)C)c(C)c1. The van der Waals surface area contributed by atoms with Gasteiger partial charge in [0.05, 0.1) is 0 Å². The van der Waals surface area contributed by atoms with Crippen molar-refractivity contribution in [2.45, 2.75) is 41.0 Å². The predicted molar refractivity (Wildman–Crippen MR) is 81.4 cm³/mol. The Balaban J connectivity index is 2.97. The van der Waals surface area contributed by atoms with Crippen LogP contribution in [0.3, 0.4) is 0 Å². The Morgan fingerprint density at radius 3 is 2.06 bits per heavy atom. The molecule has 0 radical (unpaired) electrons. The van der Waals surface area contributed by atoms with Crippen LogP contribution in [-0.4, -0.2) is 19.6 Å². The fourth-order valence-electron chi connectivity index (χ4n) is 2.58. The summed E-state index contributed by atoms with van der Waals surface area (Å²) in [5, 5.41) is 0. The van der Waals surface area contributed by atoms with E-state index in [-0.39, 0.29) is 0 Å². The first-order valence-electron chi connectivity index (χ1n) is 6.98. The number of hydrogen-bond donors (Lipinski definition) is 1. The molecular weight excluding hydrogens is 220 g/mol. The van der Waals surface area contributed by atoms with Crippen LogP contribution in [0.1, 0.15) is 37.0 Å². The zero-order valence-corrected chi connectivity index (χ0v) is 12.6. The second-order valence-corrected chi connectivity index (χ2v) is 5.71. The van der Waals surface area contributed by atoms with Crippen LogP contribution in [0.5, 0.6) is 0 Å². The molecule has 1 rings (SSSR count). The van der Waals surface area contributed by atoms with Crippen LogP contribution in [0, 0.1) is 26.7 Å². The fourth-order valence-corrected chi connectivity index (χ4v) is 2.58. The third kappa shape index (κ3) is 4.02. The number of anilines is 1. The Kier molecular flexibility index (Phi) is 5.67. The molecule has 0 bridgehead atoms. The first kappa shape index (κ1) is 15.0. The summed E-state index contributed by atoms with van der Waals surface area (Å²) in [6, 6.07) is 4.53. The van der Waals surface area contributed by atoms with Gasteiger partial charge in [-0.25, -0.2) is 0 Å². The molecule has 0 atom stereocenters. The van der Waals surface area contributed by atoms with Crippen LogP contribution >= 0.6 is 0 Å². The van der Waals surface area contributed by atoms with Crippen molar-refractivity contribution < 1.29 is 0 Å². The van der Waals surface area contributed by atoms with Crippen LogP contribution in [-0.2, 0) is 0 Å². The maximum Gasteiger partial charge on any atom is 0.0426 e. The largest absolute Gasteiger partial charge is 0.370 e. The van der Waals surface area contributed by atoms with Gasteiger partial charge in [0.15, 0.2) is 0 Å². The highest BCUT2D eigenvalue weighted by Crippen LogP contribution is 2.26. The standard InChI is InChI=1S/C16H28N2/c1-12(2)6-8-18(9-7-17)16-14(4)10-13(3)11-15(16)5/h10-12H,6-9,17H2,1-5H3. The number of benzene rings is 1. The molecular formula is C16H28N2. The second-order valence-electron chi connectivity index (χ2n) is 5.71. The zero-order chi connectivity index (χ0) is 13.7. The van der Waals surface area contributed by atoms with Crippen LogP contribution < -0.4 is 10.6 Å². The van der Waals surface area contributed by atoms with E-state index in [9.17, 15) is 0 Å². The molecule has 0 spiro atoms. The Labute approximate surface area is 112 Å². The lowest BCUT2D eigenvalue weighted by atomic mass is 10.0. The highest BCUT2D eigenvalue weighted by Gasteiger charge is 2.12. The van der Waals surface area contributed by atoms with Crippen molar-refractivity contribution in [1.82, 2.24) is 0 Å². The third-order valence-corrected chi connectivity index (χ3v) is 3.33. The molecule has 2 heteroatoms. The van der Waals surface area contributed by atoms with Gasteiger partial charge in [0.1, 0.15) is 0 Å². The van der Waals surface area contributed by atoms with E-state index < -0.39 is 0 Å². The molecule has 0 aromatic heterocycles. The van der Waals surface area contributed by atoms with Crippen molar-refractivity contribution in [2.75, 3.05) is 24.5 Å². The summed E-state index contributed by atoms with van der Waals surface area (Å²) in [4.78, 5) is 2.45. The molecule has 2 nitrogen and oxygen atoms in total. The molecule has 0 aliphatic carbocycles. The molecule has 0 saturated heterocycles. The molecule has 0 aliphatic rings. The molecule has 0 heterocycles. The third-order valence-electron chi connectivity index (χ3n) is 3.33. The predicted octanol–water partition coefficient (Wildman–Crippen LogP) is 3.42. The van der Waals surface area contributed by atoms with Crippen molar-refractivity contribution in [2.24, 2.45) is 11.7 Å². The monoisotopic (exact) mass is 248 g/mol. The fraction of sp³-hybridized carbons (Fsp3) is 0.625. The summed E-state index contributed by atoms with van der Waals surface area (Å²) < 4.78 is 0. The van der Waals surface area contributed by atoms with E-state index >= 15 is 0 Å². The first-order chi connectivity index (χ1) is 8.45. The summed E-state index contributed by atoms with van der Waals surface area (Å²) in [7, 11) is 0. The van der Waals surface area contributed by atoms with Gasteiger partial charge in [0, 0.05) is 25.3 Å². The minimum absolute atomic E-state index is 0.713. The molecule has 0 aliphatic heterocycles. The molecule has 102 valence electrons. The van der Waals surface area contributed by atoms with Gasteiger partial charge >= 0.3 is 0 Å². The first-order valence-corrected chi connectivity index (χ1v) is 6.98. The lowest BCUT2D eigenvalue weighted by Gasteiger charge is -2.29. The van der Waals surface area contributed by atoms with Gasteiger partial charge in [-0.1, -0.05) is 31.5 Å². The molecule has 1 aromatic carbocycles. The number of hydrogen-bond acceptors (Lipinski definition) is 2. The van der Waals surface area contributed by atoms with Crippen LogP contribution in [0.25, 0.3) is 0 Å². The highest BCUT2D eigenvalue weighted by molar-refractivity contribution is 5.60. The zero-order valence-electron chi connectivity index (χ0n) is 12.6. The van der Waals surface area contributed by atoms with Crippen molar-refractivity contribution in [3.63, 3.8) is 0 Å². The lowest BCUT2D eigenvalue weighted by Crippen LogP contribution is -2.32. The molecule has 0 fully saturated rings. The number of nitrogens with zero attached hydrogens (tertiary/aromatic N) is 1. The molecule has 1 aromatic rings. The Morgan fingerprint density at radius 2 is 1.61 bits per heavy atom. The molecule has 0 unspecified atom stereocenters. The van der Waals surface area contributed by atoms with Gasteiger partial charge in [-0.3, -0.25) is 0 Å². The van der Waals surface area contributed by atoms with E-state index in [1.54, 1.807) is 0 Å². The average Bonchev–Trinajstić information content (AvgIpc) is 2.24. The second kappa shape index (κ2) is 6.79. The molecule has 0 saturated carbocycles.